The van der Waals surface area contributed by atoms with Gasteiger partial charge in [-0.3, -0.25) is 4.18 Å². The Bertz CT molecular complexity index is 806. The summed E-state index contributed by atoms with van der Waals surface area (Å²) in [7, 11) is -4.17. The van der Waals surface area contributed by atoms with Crippen LogP contribution in [-0.2, 0) is 28.6 Å². The molecule has 7 heteroatoms. The Morgan fingerprint density at radius 3 is 2.03 bits per heavy atom. The van der Waals surface area contributed by atoms with Crippen LogP contribution in [0.15, 0.2) is 17.0 Å². The zero-order chi connectivity index (χ0) is 22.6. The topological polar surface area (TPSA) is 78.9 Å². The normalized spacial score (nSPS) is 18.4. The van der Waals surface area contributed by atoms with Crippen LogP contribution < -0.4 is 0 Å². The Kier molecular flexibility index (Phi) is 8.48. The van der Waals surface area contributed by atoms with Gasteiger partial charge in [0.25, 0.3) is 10.1 Å². The molecule has 1 unspecified atom stereocenters. The van der Waals surface area contributed by atoms with E-state index in [0.29, 0.717) is 17.7 Å². The van der Waals surface area contributed by atoms with Gasteiger partial charge in [-0.25, -0.2) is 4.79 Å². The van der Waals surface area contributed by atoms with Gasteiger partial charge in [-0.15, -0.1) is 0 Å². The highest BCUT2D eigenvalue weighted by Crippen LogP contribution is 2.36. The molecule has 0 bridgehead atoms. The summed E-state index contributed by atoms with van der Waals surface area (Å²) in [4.78, 5) is 12.5. The first-order valence-corrected chi connectivity index (χ1v) is 12.2. The van der Waals surface area contributed by atoms with E-state index in [1.807, 2.05) is 39.8 Å². The van der Waals surface area contributed by atoms with Crippen LogP contribution in [0.3, 0.4) is 0 Å². The Hall–Kier alpha value is -1.44. The SMILES string of the molecule is CC(C)c1cc(C(C)C)c(S(=O)(=O)O[C@@H](C)C(=O)OCC2CCCO2)c(C(C)C)c1. The zero-order valence-electron chi connectivity index (χ0n) is 19.2. The third kappa shape index (κ3) is 6.05. The van der Waals surface area contributed by atoms with E-state index in [9.17, 15) is 13.2 Å². The smallest absolute Gasteiger partial charge is 0.336 e. The van der Waals surface area contributed by atoms with Crippen LogP contribution in [-0.4, -0.2) is 39.8 Å². The number of benzene rings is 1. The summed E-state index contributed by atoms with van der Waals surface area (Å²) in [5.41, 5.74) is 2.51. The summed E-state index contributed by atoms with van der Waals surface area (Å²) in [5.74, 6) is -0.470. The molecule has 1 heterocycles. The van der Waals surface area contributed by atoms with Gasteiger partial charge in [-0.05, 0) is 54.2 Å². The highest BCUT2D eigenvalue weighted by Gasteiger charge is 2.32. The van der Waals surface area contributed by atoms with E-state index in [2.05, 4.69) is 13.8 Å². The van der Waals surface area contributed by atoms with Crippen LogP contribution in [0.25, 0.3) is 0 Å². The van der Waals surface area contributed by atoms with Crippen molar-refractivity contribution in [1.29, 1.82) is 0 Å². The maximum absolute atomic E-state index is 13.3. The zero-order valence-corrected chi connectivity index (χ0v) is 20.0. The maximum Gasteiger partial charge on any atom is 0.336 e. The van der Waals surface area contributed by atoms with Crippen LogP contribution >= 0.6 is 0 Å². The lowest BCUT2D eigenvalue weighted by Crippen LogP contribution is -2.30. The molecule has 0 saturated carbocycles. The fraction of sp³-hybridized carbons (Fsp3) is 0.696. The minimum Gasteiger partial charge on any atom is -0.461 e. The van der Waals surface area contributed by atoms with Gasteiger partial charge < -0.3 is 9.47 Å². The number of hydrogen-bond donors (Lipinski definition) is 0. The van der Waals surface area contributed by atoms with Crippen molar-refractivity contribution in [2.24, 2.45) is 0 Å². The molecular weight excluding hydrogens is 404 g/mol. The molecule has 1 fully saturated rings. The van der Waals surface area contributed by atoms with Gasteiger partial charge in [0.05, 0.1) is 6.10 Å². The number of carbonyl (C=O) groups excluding carboxylic acids is 1. The average molecular weight is 441 g/mol. The van der Waals surface area contributed by atoms with Crippen molar-refractivity contribution in [3.63, 3.8) is 0 Å². The summed E-state index contributed by atoms with van der Waals surface area (Å²) in [6.45, 7) is 14.2. The highest BCUT2D eigenvalue weighted by atomic mass is 32.2. The number of rotatable bonds is 9. The summed E-state index contributed by atoms with van der Waals surface area (Å²) in [6, 6.07) is 3.88. The molecule has 1 aliphatic rings. The first-order chi connectivity index (χ1) is 13.9. The molecule has 30 heavy (non-hydrogen) atoms. The van der Waals surface area contributed by atoms with Gasteiger partial charge in [0.15, 0.2) is 6.10 Å². The third-order valence-electron chi connectivity index (χ3n) is 5.37. The van der Waals surface area contributed by atoms with E-state index in [1.54, 1.807) is 0 Å². The molecule has 2 atom stereocenters. The molecule has 0 aliphatic carbocycles. The predicted molar refractivity (Wildman–Crippen MR) is 116 cm³/mol. The fourth-order valence-electron chi connectivity index (χ4n) is 3.52. The Balaban J connectivity index is 2.31. The maximum atomic E-state index is 13.3. The Labute approximate surface area is 181 Å². The average Bonchev–Trinajstić information content (AvgIpc) is 3.17. The third-order valence-corrected chi connectivity index (χ3v) is 6.88. The molecule has 0 spiro atoms. The lowest BCUT2D eigenvalue weighted by molar-refractivity contribution is -0.154. The molecule has 0 N–H and O–H groups in total. The van der Waals surface area contributed by atoms with Gasteiger partial charge >= 0.3 is 5.97 Å². The first-order valence-electron chi connectivity index (χ1n) is 10.8. The van der Waals surface area contributed by atoms with Gasteiger partial charge in [-0.2, -0.15) is 8.42 Å². The summed E-state index contributed by atoms with van der Waals surface area (Å²) in [5, 5.41) is 0. The van der Waals surface area contributed by atoms with Crippen LogP contribution in [0.1, 0.15) is 95.8 Å². The largest absolute Gasteiger partial charge is 0.461 e. The molecule has 1 aliphatic heterocycles. The van der Waals surface area contributed by atoms with E-state index in [1.165, 1.54) is 6.92 Å². The number of hydrogen-bond acceptors (Lipinski definition) is 6. The van der Waals surface area contributed by atoms with Gasteiger partial charge in [0.2, 0.25) is 0 Å². The first kappa shape index (κ1) is 24.8. The van der Waals surface area contributed by atoms with Crippen molar-refractivity contribution in [2.45, 2.75) is 96.2 Å². The summed E-state index contributed by atoms with van der Waals surface area (Å²) < 4.78 is 42.6. The molecule has 1 saturated heterocycles. The number of carbonyl (C=O) groups is 1. The molecular formula is C23H36O6S. The minimum atomic E-state index is -4.17. The van der Waals surface area contributed by atoms with E-state index in [-0.39, 0.29) is 35.4 Å². The van der Waals surface area contributed by atoms with Crippen LogP contribution in [0.5, 0.6) is 0 Å². The monoisotopic (exact) mass is 440 g/mol. The molecule has 1 aromatic rings. The molecule has 0 radical (unpaired) electrons. The van der Waals surface area contributed by atoms with E-state index in [4.69, 9.17) is 13.7 Å². The van der Waals surface area contributed by atoms with E-state index in [0.717, 1.165) is 18.4 Å². The summed E-state index contributed by atoms with van der Waals surface area (Å²) >= 11 is 0. The van der Waals surface area contributed by atoms with Gasteiger partial charge in [-0.1, -0.05) is 53.7 Å². The second kappa shape index (κ2) is 10.2. The second-order valence-electron chi connectivity index (χ2n) is 8.95. The molecule has 170 valence electrons. The van der Waals surface area contributed by atoms with Crippen LogP contribution in [0, 0.1) is 0 Å². The quantitative estimate of drug-likeness (QED) is 0.402. The van der Waals surface area contributed by atoms with Gasteiger partial charge in [0, 0.05) is 6.61 Å². The van der Waals surface area contributed by atoms with Gasteiger partial charge in [0.1, 0.15) is 11.5 Å². The van der Waals surface area contributed by atoms with E-state index < -0.39 is 22.2 Å². The minimum absolute atomic E-state index is 0.0173. The summed E-state index contributed by atoms with van der Waals surface area (Å²) in [6.07, 6.45) is 0.409. The Morgan fingerprint density at radius 1 is 1.03 bits per heavy atom. The standard InChI is InChI=1S/C23H36O6S/c1-14(2)18-11-20(15(3)4)22(21(12-18)16(5)6)30(25,26)29-17(7)23(24)28-13-19-9-8-10-27-19/h11-12,14-17,19H,8-10,13H2,1-7H3/t17-,19?/m0/s1. The van der Waals surface area contributed by atoms with Crippen LogP contribution in [0.4, 0.5) is 0 Å². The lowest BCUT2D eigenvalue weighted by Gasteiger charge is -2.23. The molecule has 1 aromatic carbocycles. The molecule has 6 nitrogen and oxygen atoms in total. The second-order valence-corrected chi connectivity index (χ2v) is 10.5. The van der Waals surface area contributed by atoms with Crippen molar-refractivity contribution < 1.29 is 26.9 Å². The molecule has 2 rings (SSSR count). The van der Waals surface area contributed by atoms with E-state index >= 15 is 0 Å². The predicted octanol–water partition coefficient (Wildman–Crippen LogP) is 4.87. The lowest BCUT2D eigenvalue weighted by atomic mass is 9.89. The van der Waals surface area contributed by atoms with Crippen molar-refractivity contribution in [3.8, 4) is 0 Å². The highest BCUT2D eigenvalue weighted by molar-refractivity contribution is 7.87. The van der Waals surface area contributed by atoms with Crippen molar-refractivity contribution in [3.05, 3.63) is 28.8 Å². The fourth-order valence-corrected chi connectivity index (χ4v) is 5.25. The van der Waals surface area contributed by atoms with Crippen molar-refractivity contribution >= 4 is 16.1 Å². The number of ether oxygens (including phenoxy) is 2. The molecule has 0 amide bonds. The Morgan fingerprint density at radius 2 is 1.60 bits per heavy atom. The van der Waals surface area contributed by atoms with Crippen molar-refractivity contribution in [1.82, 2.24) is 0 Å². The number of esters is 1. The van der Waals surface area contributed by atoms with Crippen molar-refractivity contribution in [2.75, 3.05) is 13.2 Å². The molecule has 0 aromatic heterocycles. The van der Waals surface area contributed by atoms with Crippen LogP contribution in [0.2, 0.25) is 0 Å².